The molecule has 5 fully saturated rings. The molecule has 5 aliphatic rings. The number of ether oxygens (including phenoxy) is 3. The maximum Gasteiger partial charge on any atom is 0.338 e. The predicted octanol–water partition coefficient (Wildman–Crippen LogP) is 1.97. The lowest BCUT2D eigenvalue weighted by molar-refractivity contribution is -0.302. The highest BCUT2D eigenvalue weighted by atomic mass is 16.6. The Morgan fingerprint density at radius 2 is 1.85 bits per heavy atom. The van der Waals surface area contributed by atoms with Crippen molar-refractivity contribution in [1.82, 2.24) is 0 Å². The first-order chi connectivity index (χ1) is 12.3. The molecule has 2 bridgehead atoms. The van der Waals surface area contributed by atoms with Crippen molar-refractivity contribution in [1.29, 1.82) is 0 Å². The van der Waals surface area contributed by atoms with Gasteiger partial charge in [0.2, 0.25) is 0 Å². The van der Waals surface area contributed by atoms with Gasteiger partial charge in [-0.25, -0.2) is 4.79 Å². The Balaban J connectivity index is 1.64. The average molecular weight is 364 g/mol. The minimum absolute atomic E-state index is 0.0978. The van der Waals surface area contributed by atoms with Crippen LogP contribution in [0.2, 0.25) is 0 Å². The maximum atomic E-state index is 12.7. The van der Waals surface area contributed by atoms with E-state index in [1.165, 1.54) is 0 Å². The van der Waals surface area contributed by atoms with Crippen molar-refractivity contribution in [3.63, 3.8) is 0 Å². The second kappa shape index (κ2) is 5.02. The molecule has 1 N–H and O–H groups in total. The third kappa shape index (κ3) is 1.71. The van der Waals surface area contributed by atoms with E-state index in [4.69, 9.17) is 14.2 Å². The van der Waals surface area contributed by atoms with Gasteiger partial charge in [-0.1, -0.05) is 13.3 Å². The molecule has 5 rings (SSSR count). The molecule has 26 heavy (non-hydrogen) atoms. The minimum Gasteiger partial charge on any atom is -0.465 e. The van der Waals surface area contributed by atoms with Crippen molar-refractivity contribution >= 4 is 11.9 Å². The van der Waals surface area contributed by atoms with Crippen LogP contribution in [0.5, 0.6) is 0 Å². The van der Waals surface area contributed by atoms with E-state index in [1.54, 1.807) is 0 Å². The van der Waals surface area contributed by atoms with Crippen LogP contribution < -0.4 is 0 Å². The molecular formula is C20H28O6. The van der Waals surface area contributed by atoms with Gasteiger partial charge in [-0.15, -0.1) is 0 Å². The molecule has 3 heterocycles. The smallest absolute Gasteiger partial charge is 0.338 e. The summed E-state index contributed by atoms with van der Waals surface area (Å²) in [5.74, 6) is -0.504. The molecule has 6 heteroatoms. The number of carbonyl (C=O) groups excluding carboxylic acids is 2. The van der Waals surface area contributed by atoms with Crippen molar-refractivity contribution in [3.8, 4) is 0 Å². The summed E-state index contributed by atoms with van der Waals surface area (Å²) >= 11 is 0. The first-order valence-corrected chi connectivity index (χ1v) is 10.0. The number of rotatable bonds is 0. The highest BCUT2D eigenvalue weighted by Crippen LogP contribution is 2.70. The van der Waals surface area contributed by atoms with Crippen LogP contribution in [0.15, 0.2) is 0 Å². The second-order valence-corrected chi connectivity index (χ2v) is 9.56. The molecule has 0 aromatic rings. The number of esters is 2. The van der Waals surface area contributed by atoms with Gasteiger partial charge in [-0.3, -0.25) is 4.79 Å². The number of carbonyl (C=O) groups is 2. The van der Waals surface area contributed by atoms with Crippen molar-refractivity contribution in [2.24, 2.45) is 22.7 Å². The van der Waals surface area contributed by atoms with Crippen molar-refractivity contribution in [3.05, 3.63) is 0 Å². The van der Waals surface area contributed by atoms with Crippen LogP contribution in [0.4, 0.5) is 0 Å². The molecule has 7 atom stereocenters. The Morgan fingerprint density at radius 1 is 1.04 bits per heavy atom. The van der Waals surface area contributed by atoms with E-state index in [9.17, 15) is 14.7 Å². The van der Waals surface area contributed by atoms with Gasteiger partial charge < -0.3 is 19.3 Å². The summed E-state index contributed by atoms with van der Waals surface area (Å²) in [6.07, 6.45) is 4.61. The molecule has 0 amide bonds. The predicted molar refractivity (Wildman–Crippen MR) is 90.0 cm³/mol. The van der Waals surface area contributed by atoms with E-state index in [0.717, 1.165) is 25.7 Å². The first kappa shape index (κ1) is 17.0. The summed E-state index contributed by atoms with van der Waals surface area (Å²) in [5.41, 5.74) is -2.47. The van der Waals surface area contributed by atoms with Crippen LogP contribution in [0.3, 0.4) is 0 Å². The van der Waals surface area contributed by atoms with Gasteiger partial charge in [0.25, 0.3) is 0 Å². The Bertz CT molecular complexity index is 677. The third-order valence-electron chi connectivity index (χ3n) is 8.54. The van der Waals surface area contributed by atoms with E-state index in [0.29, 0.717) is 32.5 Å². The highest BCUT2D eigenvalue weighted by molar-refractivity contribution is 5.82. The van der Waals surface area contributed by atoms with Gasteiger partial charge in [0.1, 0.15) is 6.61 Å². The summed E-state index contributed by atoms with van der Waals surface area (Å²) in [7, 11) is 0. The van der Waals surface area contributed by atoms with Gasteiger partial charge >= 0.3 is 11.9 Å². The summed E-state index contributed by atoms with van der Waals surface area (Å²) in [4.78, 5) is 25.1. The number of cyclic esters (lactones) is 2. The molecule has 144 valence electrons. The van der Waals surface area contributed by atoms with Gasteiger partial charge in [0, 0.05) is 17.8 Å². The second-order valence-electron chi connectivity index (χ2n) is 9.56. The van der Waals surface area contributed by atoms with E-state index in [1.807, 2.05) is 6.92 Å². The standard InChI is InChI=1S/C20H28O6/c1-12-10-13(21)14-17(2)4-3-5-18(14,11-25-15(17)22)20(12)7-6-19(26-20)8-9-24-16(19)23/h12-14,21H,3-11H2,1-2H3/t12-,13+,14-,17+,18-,19-,20-/m1/s1. The van der Waals surface area contributed by atoms with Crippen molar-refractivity contribution < 1.29 is 28.9 Å². The largest absolute Gasteiger partial charge is 0.465 e. The first-order valence-electron chi connectivity index (χ1n) is 10.0. The zero-order chi connectivity index (χ0) is 18.4. The van der Waals surface area contributed by atoms with Crippen LogP contribution >= 0.6 is 0 Å². The number of hydrogen-bond acceptors (Lipinski definition) is 6. The van der Waals surface area contributed by atoms with E-state index in [2.05, 4.69) is 6.92 Å². The molecule has 2 spiro atoms. The Morgan fingerprint density at radius 3 is 2.58 bits per heavy atom. The average Bonchev–Trinajstić information content (AvgIpc) is 3.16. The molecule has 3 aliphatic heterocycles. The van der Waals surface area contributed by atoms with Crippen LogP contribution in [0, 0.1) is 22.7 Å². The van der Waals surface area contributed by atoms with Crippen LogP contribution in [0.25, 0.3) is 0 Å². The fraction of sp³-hybridized carbons (Fsp3) is 0.900. The number of aliphatic hydroxyl groups excluding tert-OH is 1. The number of aliphatic hydroxyl groups is 1. The van der Waals surface area contributed by atoms with E-state index >= 15 is 0 Å². The van der Waals surface area contributed by atoms with Gasteiger partial charge in [-0.2, -0.15) is 0 Å². The summed E-state index contributed by atoms with van der Waals surface area (Å²) < 4.78 is 17.7. The minimum atomic E-state index is -0.842. The lowest BCUT2D eigenvalue weighted by Gasteiger charge is -2.67. The summed E-state index contributed by atoms with van der Waals surface area (Å²) in [6, 6.07) is 0. The highest BCUT2D eigenvalue weighted by Gasteiger charge is 2.76. The molecule has 0 aromatic carbocycles. The Kier molecular flexibility index (Phi) is 3.28. The van der Waals surface area contributed by atoms with Gasteiger partial charge in [-0.05, 0) is 44.9 Å². The lowest BCUT2D eigenvalue weighted by atomic mass is 9.42. The lowest BCUT2D eigenvalue weighted by Crippen LogP contribution is -2.73. The third-order valence-corrected chi connectivity index (χ3v) is 8.54. The van der Waals surface area contributed by atoms with Crippen molar-refractivity contribution in [2.75, 3.05) is 13.2 Å². The normalized spacial score (nSPS) is 55.7. The Labute approximate surface area is 153 Å². The van der Waals surface area contributed by atoms with Gasteiger partial charge in [0.15, 0.2) is 5.60 Å². The molecule has 0 aromatic heterocycles. The molecule has 3 saturated heterocycles. The molecule has 0 radical (unpaired) electrons. The molecule has 0 unspecified atom stereocenters. The SMILES string of the molecule is C[C@@H]1C[C@H](O)[C@H]2[C@]3(CCC[C@]2(C)C(=O)OC3)[C@@]12CC[C@]1(CCOC1=O)O2. The summed E-state index contributed by atoms with van der Waals surface area (Å²) in [6.45, 7) is 4.78. The van der Waals surface area contributed by atoms with Crippen LogP contribution in [-0.2, 0) is 23.8 Å². The zero-order valence-corrected chi connectivity index (χ0v) is 15.6. The summed E-state index contributed by atoms with van der Waals surface area (Å²) in [5, 5.41) is 11.1. The van der Waals surface area contributed by atoms with Gasteiger partial charge in [0.05, 0.1) is 23.7 Å². The molecule has 2 aliphatic carbocycles. The van der Waals surface area contributed by atoms with Crippen LogP contribution in [-0.4, -0.2) is 47.6 Å². The zero-order valence-electron chi connectivity index (χ0n) is 15.6. The molecular weight excluding hydrogens is 336 g/mol. The maximum absolute atomic E-state index is 12.7. The van der Waals surface area contributed by atoms with E-state index in [-0.39, 0.29) is 23.8 Å². The fourth-order valence-electron chi connectivity index (χ4n) is 7.41. The topological polar surface area (TPSA) is 82.1 Å². The molecule has 6 nitrogen and oxygen atoms in total. The quantitative estimate of drug-likeness (QED) is 0.662. The van der Waals surface area contributed by atoms with E-state index < -0.39 is 28.1 Å². The number of hydrogen-bond donors (Lipinski definition) is 1. The monoisotopic (exact) mass is 364 g/mol. The van der Waals surface area contributed by atoms with Crippen LogP contribution in [0.1, 0.15) is 58.8 Å². The fourth-order valence-corrected chi connectivity index (χ4v) is 7.41. The Hall–Kier alpha value is -1.14. The van der Waals surface area contributed by atoms with Crippen molar-refractivity contribution in [2.45, 2.75) is 76.1 Å². The molecule has 2 saturated carbocycles.